The van der Waals surface area contributed by atoms with E-state index >= 15 is 0 Å². The molecule has 2 atom stereocenters. The minimum Gasteiger partial charge on any atom is -0.383 e. The van der Waals surface area contributed by atoms with Crippen LogP contribution in [0.25, 0.3) is 0 Å². The molecule has 1 aromatic rings. The van der Waals surface area contributed by atoms with Crippen molar-refractivity contribution < 1.29 is 4.74 Å². The summed E-state index contributed by atoms with van der Waals surface area (Å²) in [6.07, 6.45) is 4.09. The van der Waals surface area contributed by atoms with Crippen LogP contribution in [-0.4, -0.2) is 24.7 Å². The molecule has 0 spiro atoms. The first-order valence-corrected chi connectivity index (χ1v) is 6.76. The fourth-order valence-electron chi connectivity index (χ4n) is 2.75. The molecule has 0 amide bonds. The fourth-order valence-corrected chi connectivity index (χ4v) is 2.75. The lowest BCUT2D eigenvalue weighted by Gasteiger charge is -2.32. The first kappa shape index (κ1) is 13.3. The topological polar surface area (TPSA) is 60.2 Å². The van der Waals surface area contributed by atoms with Gasteiger partial charge in [-0.2, -0.15) is 0 Å². The number of hydrogen-bond donors (Lipinski definition) is 2. The smallest absolute Gasteiger partial charge is 0.128 e. The van der Waals surface area contributed by atoms with E-state index in [9.17, 15) is 0 Å². The van der Waals surface area contributed by atoms with Gasteiger partial charge in [0.15, 0.2) is 0 Å². The maximum Gasteiger partial charge on any atom is 0.128 e. The van der Waals surface area contributed by atoms with Gasteiger partial charge in [-0.25, -0.2) is 4.98 Å². The molecule has 0 aliphatic carbocycles. The van der Waals surface area contributed by atoms with Gasteiger partial charge in [0.05, 0.1) is 6.61 Å². The number of nitrogen functional groups attached to an aromatic ring is 1. The number of nitrogens with one attached hydrogen (secondary N) is 1. The molecule has 18 heavy (non-hydrogen) atoms. The molecule has 2 unspecified atom stereocenters. The lowest BCUT2D eigenvalue weighted by Crippen LogP contribution is -2.34. The summed E-state index contributed by atoms with van der Waals surface area (Å²) >= 11 is 0. The minimum atomic E-state index is 0.254. The van der Waals surface area contributed by atoms with Gasteiger partial charge in [-0.3, -0.25) is 0 Å². The summed E-state index contributed by atoms with van der Waals surface area (Å²) in [6.45, 7) is 6.84. The Balaban J connectivity index is 2.28. The van der Waals surface area contributed by atoms with Crippen molar-refractivity contribution in [3.63, 3.8) is 0 Å². The van der Waals surface area contributed by atoms with E-state index in [4.69, 9.17) is 10.5 Å². The number of ether oxygens (including phenoxy) is 1. The van der Waals surface area contributed by atoms with Gasteiger partial charge in [0.25, 0.3) is 0 Å². The molecule has 1 aliphatic rings. The molecular weight excluding hydrogens is 226 g/mol. The third-order valence-corrected chi connectivity index (χ3v) is 3.64. The summed E-state index contributed by atoms with van der Waals surface area (Å²) < 4.78 is 5.61. The Bertz CT molecular complexity index is 368. The van der Waals surface area contributed by atoms with Crippen LogP contribution >= 0.6 is 0 Å². The highest BCUT2D eigenvalue weighted by Gasteiger charge is 2.27. The van der Waals surface area contributed by atoms with Gasteiger partial charge < -0.3 is 15.8 Å². The Kier molecular flexibility index (Phi) is 4.55. The van der Waals surface area contributed by atoms with Gasteiger partial charge in [-0.1, -0.05) is 6.92 Å². The average molecular weight is 249 g/mol. The van der Waals surface area contributed by atoms with Gasteiger partial charge in [-0.15, -0.1) is 0 Å². The largest absolute Gasteiger partial charge is 0.383 e. The number of pyridine rings is 1. The summed E-state index contributed by atoms with van der Waals surface area (Å²) in [7, 11) is 0. The lowest BCUT2D eigenvalue weighted by atomic mass is 9.87. The number of nitrogens with zero attached hydrogens (tertiary/aromatic N) is 1. The second-order valence-electron chi connectivity index (χ2n) is 4.94. The summed E-state index contributed by atoms with van der Waals surface area (Å²) in [6, 6.07) is 2.28. The van der Waals surface area contributed by atoms with E-state index in [1.165, 1.54) is 12.0 Å². The molecule has 1 saturated heterocycles. The molecule has 1 aromatic heterocycles. The van der Waals surface area contributed by atoms with Crippen molar-refractivity contribution >= 4 is 5.82 Å². The van der Waals surface area contributed by atoms with Gasteiger partial charge >= 0.3 is 0 Å². The highest BCUT2D eigenvalue weighted by atomic mass is 16.5. The van der Waals surface area contributed by atoms with Crippen LogP contribution in [0.4, 0.5) is 5.82 Å². The third-order valence-electron chi connectivity index (χ3n) is 3.64. The monoisotopic (exact) mass is 249 g/mol. The number of anilines is 1. The average Bonchev–Trinajstić information content (AvgIpc) is 2.38. The SMILES string of the molecule is CCNC(c1c(C)ccnc1N)C1CCCOC1. The molecule has 2 rings (SSSR count). The van der Waals surface area contributed by atoms with Crippen LogP contribution in [0.1, 0.15) is 36.9 Å². The van der Waals surface area contributed by atoms with Crippen molar-refractivity contribution in [3.05, 3.63) is 23.4 Å². The van der Waals surface area contributed by atoms with Crippen molar-refractivity contribution in [3.8, 4) is 0 Å². The molecule has 4 heteroatoms. The highest BCUT2D eigenvalue weighted by Crippen LogP contribution is 2.32. The maximum atomic E-state index is 6.07. The van der Waals surface area contributed by atoms with Crippen molar-refractivity contribution in [2.75, 3.05) is 25.5 Å². The molecule has 0 saturated carbocycles. The zero-order valence-electron chi connectivity index (χ0n) is 11.3. The van der Waals surface area contributed by atoms with Crippen LogP contribution in [0.2, 0.25) is 0 Å². The van der Waals surface area contributed by atoms with Crippen molar-refractivity contribution in [2.24, 2.45) is 5.92 Å². The molecule has 3 N–H and O–H groups in total. The second-order valence-corrected chi connectivity index (χ2v) is 4.94. The highest BCUT2D eigenvalue weighted by molar-refractivity contribution is 5.46. The van der Waals surface area contributed by atoms with Crippen molar-refractivity contribution in [2.45, 2.75) is 32.7 Å². The first-order chi connectivity index (χ1) is 8.74. The number of hydrogen-bond acceptors (Lipinski definition) is 4. The molecular formula is C14H23N3O. The molecule has 4 nitrogen and oxygen atoms in total. The summed E-state index contributed by atoms with van der Waals surface area (Å²) in [5.41, 5.74) is 8.42. The summed E-state index contributed by atoms with van der Waals surface area (Å²) in [4.78, 5) is 4.23. The number of aromatic nitrogens is 1. The Labute approximate surface area is 109 Å². The van der Waals surface area contributed by atoms with Crippen LogP contribution < -0.4 is 11.1 Å². The van der Waals surface area contributed by atoms with Crippen molar-refractivity contribution in [1.82, 2.24) is 10.3 Å². The molecule has 0 aromatic carbocycles. The van der Waals surface area contributed by atoms with E-state index in [1.54, 1.807) is 6.20 Å². The van der Waals surface area contributed by atoms with Gasteiger partial charge in [0.2, 0.25) is 0 Å². The number of nitrogens with two attached hydrogens (primary N) is 1. The van der Waals surface area contributed by atoms with Gasteiger partial charge in [0.1, 0.15) is 5.82 Å². The minimum absolute atomic E-state index is 0.254. The Morgan fingerprint density at radius 3 is 3.06 bits per heavy atom. The maximum absolute atomic E-state index is 6.07. The van der Waals surface area contributed by atoms with E-state index in [1.807, 2.05) is 6.07 Å². The summed E-state index contributed by atoms with van der Waals surface area (Å²) in [5, 5.41) is 3.55. The van der Waals surface area contributed by atoms with E-state index < -0.39 is 0 Å². The Morgan fingerprint density at radius 2 is 2.44 bits per heavy atom. The van der Waals surface area contributed by atoms with Crippen LogP contribution in [0, 0.1) is 12.8 Å². The molecule has 0 radical (unpaired) electrons. The van der Waals surface area contributed by atoms with Crippen molar-refractivity contribution in [1.29, 1.82) is 0 Å². The molecule has 100 valence electrons. The van der Waals surface area contributed by atoms with E-state index in [0.717, 1.165) is 31.7 Å². The second kappa shape index (κ2) is 6.16. The summed E-state index contributed by atoms with van der Waals surface area (Å²) in [5.74, 6) is 1.13. The van der Waals surface area contributed by atoms with Crippen LogP contribution in [0.3, 0.4) is 0 Å². The van der Waals surface area contributed by atoms with Gasteiger partial charge in [-0.05, 0) is 37.9 Å². The van der Waals surface area contributed by atoms with Crippen LogP contribution in [0.5, 0.6) is 0 Å². The third kappa shape index (κ3) is 2.82. The van der Waals surface area contributed by atoms with Crippen LogP contribution in [0.15, 0.2) is 12.3 Å². The van der Waals surface area contributed by atoms with E-state index in [0.29, 0.717) is 11.7 Å². The van der Waals surface area contributed by atoms with Gasteiger partial charge in [0, 0.05) is 30.3 Å². The zero-order chi connectivity index (χ0) is 13.0. The van der Waals surface area contributed by atoms with Crippen LogP contribution in [-0.2, 0) is 4.74 Å². The molecule has 2 heterocycles. The predicted molar refractivity (Wildman–Crippen MR) is 73.3 cm³/mol. The number of rotatable bonds is 4. The zero-order valence-corrected chi connectivity index (χ0v) is 11.3. The van der Waals surface area contributed by atoms with E-state index in [-0.39, 0.29) is 6.04 Å². The first-order valence-electron chi connectivity index (χ1n) is 6.76. The Morgan fingerprint density at radius 1 is 1.61 bits per heavy atom. The molecule has 1 fully saturated rings. The fraction of sp³-hybridized carbons (Fsp3) is 0.643. The normalized spacial score (nSPS) is 21.8. The predicted octanol–water partition coefficient (Wildman–Crippen LogP) is 2.05. The quantitative estimate of drug-likeness (QED) is 0.857. The van der Waals surface area contributed by atoms with E-state index in [2.05, 4.69) is 24.1 Å². The Hall–Kier alpha value is -1.13. The standard InChI is InChI=1S/C14H23N3O/c1-3-16-13(11-5-4-8-18-9-11)12-10(2)6-7-17-14(12)15/h6-7,11,13,16H,3-5,8-9H2,1-2H3,(H2,15,17). The number of aryl methyl sites for hydroxylation is 1. The lowest BCUT2D eigenvalue weighted by molar-refractivity contribution is 0.0392. The molecule has 1 aliphatic heterocycles. The molecule has 0 bridgehead atoms.